The molecule has 0 amide bonds. The number of carboxylic acids is 1. The molecule has 0 aliphatic rings. The molecule has 1 unspecified atom stereocenters. The maximum absolute atomic E-state index is 12.3. The zero-order valence-electron chi connectivity index (χ0n) is 20.2. The van der Waals surface area contributed by atoms with Gasteiger partial charge in [0.1, 0.15) is 23.2 Å². The van der Waals surface area contributed by atoms with Crippen LogP contribution in [0.5, 0.6) is 11.6 Å². The lowest BCUT2D eigenvalue weighted by Crippen LogP contribution is -2.46. The Kier molecular flexibility index (Phi) is 7.58. The van der Waals surface area contributed by atoms with Crippen LogP contribution in [-0.2, 0) is 11.2 Å². The summed E-state index contributed by atoms with van der Waals surface area (Å²) in [5, 5.41) is 14.4. The smallest absolute Gasteiger partial charge is 0.326 e. The van der Waals surface area contributed by atoms with E-state index in [1.54, 1.807) is 42.9 Å². The SMILES string of the molecule is CCCN(CCC)c1c(NC(Cc2ccc(Oc3nccc4ccncc34)cc2)C(=O)O)c(=O)c1=O. The highest BCUT2D eigenvalue weighted by Gasteiger charge is 2.29. The number of nitrogens with zero attached hydrogens (tertiary/aromatic N) is 3. The van der Waals surface area contributed by atoms with Gasteiger partial charge in [-0.15, -0.1) is 0 Å². The molecule has 36 heavy (non-hydrogen) atoms. The summed E-state index contributed by atoms with van der Waals surface area (Å²) in [6.45, 7) is 5.21. The average molecular weight is 489 g/mol. The number of carbonyl (C=O) groups is 1. The Balaban J connectivity index is 1.49. The van der Waals surface area contributed by atoms with Crippen LogP contribution in [-0.4, -0.2) is 40.2 Å². The summed E-state index contributed by atoms with van der Waals surface area (Å²) in [4.78, 5) is 46.8. The van der Waals surface area contributed by atoms with E-state index in [1.165, 1.54) is 0 Å². The molecule has 2 aromatic carbocycles. The number of benzene rings is 1. The van der Waals surface area contributed by atoms with Crippen LogP contribution >= 0.6 is 0 Å². The number of fused-ring (bicyclic) bond motifs is 1. The van der Waals surface area contributed by atoms with Crippen LogP contribution in [0.2, 0.25) is 0 Å². The maximum Gasteiger partial charge on any atom is 0.326 e. The van der Waals surface area contributed by atoms with Gasteiger partial charge in [0.15, 0.2) is 0 Å². The van der Waals surface area contributed by atoms with Gasteiger partial charge in [0.05, 0.1) is 5.39 Å². The molecular formula is C27H28N4O5. The highest BCUT2D eigenvalue weighted by Crippen LogP contribution is 2.27. The van der Waals surface area contributed by atoms with Gasteiger partial charge in [-0.05, 0) is 48.1 Å². The minimum absolute atomic E-state index is 0.0879. The van der Waals surface area contributed by atoms with Crippen LogP contribution in [0.25, 0.3) is 10.8 Å². The molecule has 2 N–H and O–H groups in total. The lowest BCUT2D eigenvalue weighted by atomic mass is 10.0. The first kappa shape index (κ1) is 24.8. The van der Waals surface area contributed by atoms with Gasteiger partial charge in [-0.1, -0.05) is 26.0 Å². The van der Waals surface area contributed by atoms with E-state index >= 15 is 0 Å². The predicted octanol–water partition coefficient (Wildman–Crippen LogP) is 3.75. The summed E-state index contributed by atoms with van der Waals surface area (Å²) in [7, 11) is 0. The number of nitrogens with one attached hydrogen (secondary N) is 1. The highest BCUT2D eigenvalue weighted by molar-refractivity contribution is 5.86. The van der Waals surface area contributed by atoms with Crippen molar-refractivity contribution in [3.05, 3.63) is 81.0 Å². The van der Waals surface area contributed by atoms with Crippen molar-refractivity contribution in [2.24, 2.45) is 0 Å². The molecular weight excluding hydrogens is 460 g/mol. The van der Waals surface area contributed by atoms with E-state index in [0.29, 0.717) is 24.7 Å². The first-order chi connectivity index (χ1) is 17.4. The molecule has 0 aliphatic heterocycles. The third-order valence-electron chi connectivity index (χ3n) is 5.91. The van der Waals surface area contributed by atoms with Crippen molar-refractivity contribution < 1.29 is 14.6 Å². The molecule has 2 heterocycles. The molecule has 2 aromatic heterocycles. The van der Waals surface area contributed by atoms with Crippen molar-refractivity contribution in [2.45, 2.75) is 39.2 Å². The second-order valence-corrected chi connectivity index (χ2v) is 8.57. The monoisotopic (exact) mass is 488 g/mol. The van der Waals surface area contributed by atoms with Gasteiger partial charge in [-0.25, -0.2) is 9.78 Å². The van der Waals surface area contributed by atoms with Gasteiger partial charge in [-0.3, -0.25) is 14.6 Å². The molecule has 186 valence electrons. The van der Waals surface area contributed by atoms with Gasteiger partial charge in [0.25, 0.3) is 10.9 Å². The number of rotatable bonds is 12. The van der Waals surface area contributed by atoms with E-state index in [0.717, 1.165) is 29.2 Å². The Morgan fingerprint density at radius 2 is 1.72 bits per heavy atom. The lowest BCUT2D eigenvalue weighted by Gasteiger charge is -2.28. The van der Waals surface area contributed by atoms with Crippen molar-refractivity contribution in [1.82, 2.24) is 9.97 Å². The molecule has 9 heteroatoms. The van der Waals surface area contributed by atoms with E-state index in [1.807, 2.05) is 30.9 Å². The number of ether oxygens (including phenoxy) is 1. The summed E-state index contributed by atoms with van der Waals surface area (Å²) in [5.41, 5.74) is -0.133. The van der Waals surface area contributed by atoms with Crippen molar-refractivity contribution in [3.63, 3.8) is 0 Å². The summed E-state index contributed by atoms with van der Waals surface area (Å²) < 4.78 is 5.92. The van der Waals surface area contributed by atoms with Gasteiger partial charge in [0, 0.05) is 38.1 Å². The van der Waals surface area contributed by atoms with Crippen LogP contribution < -0.4 is 25.8 Å². The lowest BCUT2D eigenvalue weighted by molar-refractivity contribution is -0.137. The van der Waals surface area contributed by atoms with Gasteiger partial charge >= 0.3 is 5.97 Å². The van der Waals surface area contributed by atoms with Gasteiger partial charge < -0.3 is 20.1 Å². The van der Waals surface area contributed by atoms with Crippen LogP contribution in [0.1, 0.15) is 32.3 Å². The Hall–Kier alpha value is -4.27. The van der Waals surface area contributed by atoms with Crippen molar-refractivity contribution in [3.8, 4) is 11.6 Å². The van der Waals surface area contributed by atoms with E-state index in [2.05, 4.69) is 15.3 Å². The fraction of sp³-hybridized carbons (Fsp3) is 0.296. The van der Waals surface area contributed by atoms with E-state index in [-0.39, 0.29) is 17.8 Å². The molecule has 1 atom stereocenters. The predicted molar refractivity (Wildman–Crippen MR) is 139 cm³/mol. The number of aromatic nitrogens is 2. The third-order valence-corrected chi connectivity index (χ3v) is 5.91. The Morgan fingerprint density at radius 1 is 1.03 bits per heavy atom. The molecule has 0 bridgehead atoms. The zero-order chi connectivity index (χ0) is 25.7. The topological polar surface area (TPSA) is 122 Å². The minimum Gasteiger partial charge on any atom is -0.480 e. The average Bonchev–Trinajstić information content (AvgIpc) is 2.88. The Morgan fingerprint density at radius 3 is 2.39 bits per heavy atom. The molecule has 0 aliphatic carbocycles. The minimum atomic E-state index is -1.11. The molecule has 4 rings (SSSR count). The fourth-order valence-corrected chi connectivity index (χ4v) is 4.17. The molecule has 4 aromatic rings. The largest absolute Gasteiger partial charge is 0.480 e. The molecule has 0 saturated carbocycles. The highest BCUT2D eigenvalue weighted by atomic mass is 16.5. The second-order valence-electron chi connectivity index (χ2n) is 8.57. The molecule has 0 radical (unpaired) electrons. The van der Waals surface area contributed by atoms with Crippen LogP contribution in [0.3, 0.4) is 0 Å². The van der Waals surface area contributed by atoms with Gasteiger partial charge in [-0.2, -0.15) is 0 Å². The molecule has 0 spiro atoms. The van der Waals surface area contributed by atoms with Crippen molar-refractivity contribution in [2.75, 3.05) is 23.3 Å². The van der Waals surface area contributed by atoms with Crippen molar-refractivity contribution in [1.29, 1.82) is 0 Å². The zero-order valence-corrected chi connectivity index (χ0v) is 20.2. The fourth-order valence-electron chi connectivity index (χ4n) is 4.17. The van der Waals surface area contributed by atoms with E-state index in [9.17, 15) is 19.5 Å². The number of pyridine rings is 2. The summed E-state index contributed by atoms with van der Waals surface area (Å²) in [5.74, 6) is -0.143. The molecule has 9 nitrogen and oxygen atoms in total. The first-order valence-electron chi connectivity index (χ1n) is 12.0. The maximum atomic E-state index is 12.3. The first-order valence-corrected chi connectivity index (χ1v) is 12.0. The number of hydrogen-bond acceptors (Lipinski definition) is 8. The Labute approximate surface area is 208 Å². The normalized spacial score (nSPS) is 11.9. The summed E-state index contributed by atoms with van der Waals surface area (Å²) >= 11 is 0. The Bertz CT molecular complexity index is 1420. The van der Waals surface area contributed by atoms with Crippen molar-refractivity contribution >= 4 is 28.1 Å². The third kappa shape index (κ3) is 5.19. The number of aliphatic carboxylic acids is 1. The van der Waals surface area contributed by atoms with E-state index in [4.69, 9.17) is 4.74 Å². The summed E-state index contributed by atoms with van der Waals surface area (Å²) in [6.07, 6.45) is 6.77. The molecule has 0 saturated heterocycles. The second kappa shape index (κ2) is 11.0. The molecule has 0 fully saturated rings. The van der Waals surface area contributed by atoms with Crippen LogP contribution in [0, 0.1) is 0 Å². The van der Waals surface area contributed by atoms with Gasteiger partial charge in [0.2, 0.25) is 5.88 Å². The van der Waals surface area contributed by atoms with E-state index < -0.39 is 22.9 Å². The van der Waals surface area contributed by atoms with Crippen LogP contribution in [0.15, 0.2) is 64.6 Å². The quantitative estimate of drug-likeness (QED) is 0.287. The summed E-state index contributed by atoms with van der Waals surface area (Å²) in [6, 6.07) is 9.67. The standard InChI is InChI=1S/C27H28N4O5/c1-3-13-31(14-4-2)23-22(24(32)25(23)33)30-21(27(34)35)15-17-5-7-19(8-6-17)36-26-20-16-28-11-9-18(20)10-12-29-26/h5-12,16,21,30H,3-4,13-15H2,1-2H3,(H,34,35). The van der Waals surface area contributed by atoms with Crippen LogP contribution in [0.4, 0.5) is 11.4 Å². The number of anilines is 2. The number of hydrogen-bond donors (Lipinski definition) is 2. The number of carboxylic acid groups (broad SMARTS) is 1.